The normalized spacial score (nSPS) is 17.1. The Morgan fingerprint density at radius 1 is 1.18 bits per heavy atom. The van der Waals surface area contributed by atoms with E-state index in [1.54, 1.807) is 0 Å². The number of nitrogens with zero attached hydrogens (tertiary/aromatic N) is 3. The van der Waals surface area contributed by atoms with Gasteiger partial charge in [-0.1, -0.05) is 25.1 Å². The van der Waals surface area contributed by atoms with E-state index in [4.69, 9.17) is 5.41 Å². The van der Waals surface area contributed by atoms with E-state index in [0.29, 0.717) is 23.1 Å². The number of benzene rings is 1. The smallest absolute Gasteiger partial charge is 0.289 e. The summed E-state index contributed by atoms with van der Waals surface area (Å²) in [5.74, 6) is 0.814. The van der Waals surface area contributed by atoms with Gasteiger partial charge in [-0.05, 0) is 62.6 Å². The Hall–Kier alpha value is -3.55. The number of carbonyl (C=O) groups is 1. The molecule has 1 aromatic carbocycles. The van der Waals surface area contributed by atoms with Gasteiger partial charge in [-0.25, -0.2) is 9.97 Å². The summed E-state index contributed by atoms with van der Waals surface area (Å²) in [7, 11) is 0. The molecule has 5 rings (SSSR count). The fraction of sp³-hybridized carbons (Fsp3) is 0.423. The van der Waals surface area contributed by atoms with Crippen molar-refractivity contribution in [3.8, 4) is 0 Å². The van der Waals surface area contributed by atoms with Gasteiger partial charge in [-0.3, -0.25) is 9.78 Å². The highest BCUT2D eigenvalue weighted by molar-refractivity contribution is 5.95. The molecule has 2 saturated carbocycles. The monoisotopic (exact) mass is 457 g/mol. The molecule has 4 N–H and O–H groups in total. The van der Waals surface area contributed by atoms with Crippen LogP contribution in [0.1, 0.15) is 73.9 Å². The van der Waals surface area contributed by atoms with Crippen LogP contribution in [0.4, 0.5) is 11.5 Å². The number of anilines is 2. The molecule has 0 aliphatic heterocycles. The van der Waals surface area contributed by atoms with Crippen molar-refractivity contribution in [2.75, 3.05) is 10.6 Å². The van der Waals surface area contributed by atoms with E-state index in [1.807, 2.05) is 24.4 Å². The van der Waals surface area contributed by atoms with Crippen LogP contribution in [0, 0.1) is 11.3 Å². The standard InChI is InChI=1S/C26H31N7O/c1-3-15(2)29-23-21(13-27)31-25(26(34)30-19-10-11-19)33-24(23)32-22(16-8-9-16)18-12-17-6-4-5-7-20(17)28-14-18/h4-7,12-16,19,22,27,29H,3,8-11H2,1-2H3,(H,30,34)(H,31,32,33)/t15?,22-/m1/s1. The second-order valence-electron chi connectivity index (χ2n) is 9.42. The maximum atomic E-state index is 12.8. The third kappa shape index (κ3) is 4.85. The molecule has 0 saturated heterocycles. The Labute approximate surface area is 199 Å². The summed E-state index contributed by atoms with van der Waals surface area (Å²) < 4.78 is 0. The molecular formula is C26H31N7O. The van der Waals surface area contributed by atoms with Gasteiger partial charge in [-0.2, -0.15) is 0 Å². The predicted octanol–water partition coefficient (Wildman–Crippen LogP) is 4.69. The van der Waals surface area contributed by atoms with Crippen LogP contribution in [-0.4, -0.2) is 39.2 Å². The molecule has 1 unspecified atom stereocenters. The zero-order chi connectivity index (χ0) is 23.7. The minimum absolute atomic E-state index is 0.00224. The number of fused-ring (bicyclic) bond motifs is 1. The molecule has 8 heteroatoms. The average molecular weight is 458 g/mol. The third-order valence-electron chi connectivity index (χ3n) is 6.55. The van der Waals surface area contributed by atoms with E-state index in [-0.39, 0.29) is 29.9 Å². The van der Waals surface area contributed by atoms with Crippen LogP contribution >= 0.6 is 0 Å². The van der Waals surface area contributed by atoms with Gasteiger partial charge in [0.1, 0.15) is 11.4 Å². The highest BCUT2D eigenvalue weighted by Crippen LogP contribution is 2.44. The summed E-state index contributed by atoms with van der Waals surface area (Å²) in [5, 5.41) is 19.1. The number of hydrogen-bond donors (Lipinski definition) is 4. The molecule has 8 nitrogen and oxygen atoms in total. The van der Waals surface area contributed by atoms with E-state index in [9.17, 15) is 4.79 Å². The van der Waals surface area contributed by atoms with E-state index in [1.165, 1.54) is 6.21 Å². The van der Waals surface area contributed by atoms with Gasteiger partial charge in [0.2, 0.25) is 5.82 Å². The van der Waals surface area contributed by atoms with Crippen LogP contribution in [0.5, 0.6) is 0 Å². The number of para-hydroxylation sites is 1. The lowest BCUT2D eigenvalue weighted by Crippen LogP contribution is -2.29. The van der Waals surface area contributed by atoms with Crippen molar-refractivity contribution in [2.45, 2.75) is 64.1 Å². The molecule has 2 fully saturated rings. The van der Waals surface area contributed by atoms with Gasteiger partial charge in [0.15, 0.2) is 5.82 Å². The average Bonchev–Trinajstić information content (AvgIpc) is 3.78. The molecule has 2 atom stereocenters. The van der Waals surface area contributed by atoms with E-state index in [2.05, 4.69) is 56.9 Å². The zero-order valence-corrected chi connectivity index (χ0v) is 19.6. The number of nitrogens with one attached hydrogen (secondary N) is 4. The molecule has 3 aromatic rings. The Kier molecular flexibility index (Phi) is 6.13. The van der Waals surface area contributed by atoms with Gasteiger partial charge in [0, 0.05) is 29.9 Å². The summed E-state index contributed by atoms with van der Waals surface area (Å²) in [6.45, 7) is 4.18. The SMILES string of the molecule is CCC(C)Nc1c(C=N)nc(C(=O)NC2CC2)nc1N[C@@H](c1cnc2ccccc2c1)C1CC1. The fourth-order valence-corrected chi connectivity index (χ4v) is 4.07. The topological polar surface area (TPSA) is 116 Å². The quantitative estimate of drug-likeness (QED) is 0.328. The van der Waals surface area contributed by atoms with Crippen LogP contribution in [-0.2, 0) is 0 Å². The third-order valence-corrected chi connectivity index (χ3v) is 6.55. The summed E-state index contributed by atoms with van der Waals surface area (Å²) in [6.07, 6.45) is 8.24. The highest BCUT2D eigenvalue weighted by Gasteiger charge is 2.34. The molecule has 0 bridgehead atoms. The number of hydrogen-bond acceptors (Lipinski definition) is 7. The van der Waals surface area contributed by atoms with Gasteiger partial charge in [0.05, 0.1) is 11.6 Å². The van der Waals surface area contributed by atoms with Crippen molar-refractivity contribution in [1.29, 1.82) is 5.41 Å². The van der Waals surface area contributed by atoms with Crippen molar-refractivity contribution >= 4 is 34.5 Å². The van der Waals surface area contributed by atoms with Gasteiger partial charge in [-0.15, -0.1) is 0 Å². The first-order valence-electron chi connectivity index (χ1n) is 12.2. The van der Waals surface area contributed by atoms with Gasteiger partial charge in [0.25, 0.3) is 5.91 Å². The fourth-order valence-electron chi connectivity index (χ4n) is 4.07. The number of aromatic nitrogens is 3. The predicted molar refractivity (Wildman–Crippen MR) is 135 cm³/mol. The first-order chi connectivity index (χ1) is 16.6. The van der Waals surface area contributed by atoms with Crippen LogP contribution in [0.3, 0.4) is 0 Å². The van der Waals surface area contributed by atoms with Crippen LogP contribution < -0.4 is 16.0 Å². The molecule has 176 valence electrons. The van der Waals surface area contributed by atoms with Gasteiger partial charge < -0.3 is 21.4 Å². The number of carbonyl (C=O) groups excluding carboxylic acids is 1. The minimum atomic E-state index is -0.293. The Morgan fingerprint density at radius 2 is 1.97 bits per heavy atom. The summed E-state index contributed by atoms with van der Waals surface area (Å²) in [6, 6.07) is 10.6. The van der Waals surface area contributed by atoms with Crippen LogP contribution in [0.25, 0.3) is 10.9 Å². The first kappa shape index (κ1) is 22.3. The maximum absolute atomic E-state index is 12.8. The van der Waals surface area contributed by atoms with Crippen molar-refractivity contribution < 1.29 is 4.79 Å². The Morgan fingerprint density at radius 3 is 2.68 bits per heavy atom. The summed E-state index contributed by atoms with van der Waals surface area (Å²) in [4.78, 5) is 26.5. The molecule has 2 aliphatic rings. The molecule has 1 amide bonds. The summed E-state index contributed by atoms with van der Waals surface area (Å²) >= 11 is 0. The Bertz CT molecular complexity index is 1220. The summed E-state index contributed by atoms with van der Waals surface area (Å²) in [5.41, 5.74) is 3.12. The van der Waals surface area contributed by atoms with Crippen molar-refractivity contribution in [1.82, 2.24) is 20.3 Å². The second-order valence-corrected chi connectivity index (χ2v) is 9.42. The molecule has 2 aliphatic carbocycles. The molecule has 2 heterocycles. The number of amides is 1. The van der Waals surface area contributed by atoms with E-state index in [0.717, 1.165) is 48.6 Å². The zero-order valence-electron chi connectivity index (χ0n) is 19.6. The second kappa shape index (κ2) is 9.37. The lowest BCUT2D eigenvalue weighted by Gasteiger charge is -2.24. The molecule has 34 heavy (non-hydrogen) atoms. The molecular weight excluding hydrogens is 426 g/mol. The maximum Gasteiger partial charge on any atom is 0.289 e. The lowest BCUT2D eigenvalue weighted by molar-refractivity contribution is 0.0940. The lowest BCUT2D eigenvalue weighted by atomic mass is 10.0. The largest absolute Gasteiger partial charge is 0.378 e. The number of rotatable bonds is 10. The van der Waals surface area contributed by atoms with Crippen LogP contribution in [0.2, 0.25) is 0 Å². The van der Waals surface area contributed by atoms with E-state index < -0.39 is 0 Å². The van der Waals surface area contributed by atoms with Gasteiger partial charge >= 0.3 is 0 Å². The van der Waals surface area contributed by atoms with Crippen molar-refractivity contribution in [2.24, 2.45) is 5.92 Å². The molecule has 0 spiro atoms. The van der Waals surface area contributed by atoms with E-state index >= 15 is 0 Å². The highest BCUT2D eigenvalue weighted by atomic mass is 16.2. The molecule has 2 aromatic heterocycles. The van der Waals surface area contributed by atoms with Crippen molar-refractivity contribution in [3.63, 3.8) is 0 Å². The minimum Gasteiger partial charge on any atom is -0.378 e. The number of pyridine rings is 1. The van der Waals surface area contributed by atoms with Crippen LogP contribution in [0.15, 0.2) is 36.5 Å². The molecule has 0 radical (unpaired) electrons. The Balaban J connectivity index is 1.54. The first-order valence-corrected chi connectivity index (χ1v) is 12.2. The van der Waals surface area contributed by atoms with Crippen molar-refractivity contribution in [3.05, 3.63) is 53.6 Å².